The van der Waals surface area contributed by atoms with Gasteiger partial charge in [-0.3, -0.25) is 4.79 Å². The molecule has 3 rings (SSSR count). The Labute approximate surface area is 144 Å². The van der Waals surface area contributed by atoms with Gasteiger partial charge in [-0.1, -0.05) is 50.6 Å². The van der Waals surface area contributed by atoms with Gasteiger partial charge < -0.3 is 14.8 Å². The van der Waals surface area contributed by atoms with Crippen LogP contribution in [0.5, 0.6) is 0 Å². The summed E-state index contributed by atoms with van der Waals surface area (Å²) in [6.45, 7) is 1.63. The van der Waals surface area contributed by atoms with Gasteiger partial charge in [0, 0.05) is 31.4 Å². The first-order valence-electron chi connectivity index (χ1n) is 8.66. The van der Waals surface area contributed by atoms with Crippen LogP contribution in [0.25, 0.3) is 0 Å². The third-order valence-corrected chi connectivity index (χ3v) is 5.41. The number of carbonyl (C=O) groups excluding carboxylic acids is 2. The third-order valence-electron chi connectivity index (χ3n) is 5.41. The van der Waals surface area contributed by atoms with Crippen LogP contribution in [0.1, 0.15) is 45.1 Å². The van der Waals surface area contributed by atoms with E-state index in [1.165, 1.54) is 25.7 Å². The number of carboxylic acids is 1. The molecule has 4 nitrogen and oxygen atoms in total. The van der Waals surface area contributed by atoms with Crippen molar-refractivity contribution in [2.45, 2.75) is 46.0 Å². The lowest BCUT2D eigenvalue weighted by Gasteiger charge is -2.22. The quantitative estimate of drug-likeness (QED) is 0.832. The highest BCUT2D eigenvalue weighted by Gasteiger charge is 2.36. The van der Waals surface area contributed by atoms with E-state index in [0.29, 0.717) is 18.3 Å². The molecule has 132 valence electrons. The molecule has 0 bridgehead atoms. The summed E-state index contributed by atoms with van der Waals surface area (Å²) in [6, 6.07) is 9.45. The van der Waals surface area contributed by atoms with Crippen molar-refractivity contribution in [3.63, 3.8) is 0 Å². The number of benzene rings is 1. The Bertz CT molecular complexity index is 543. The van der Waals surface area contributed by atoms with Crippen LogP contribution in [0.3, 0.4) is 0 Å². The van der Waals surface area contributed by atoms with E-state index in [1.807, 2.05) is 35.2 Å². The summed E-state index contributed by atoms with van der Waals surface area (Å²) >= 11 is 0. The zero-order valence-electron chi connectivity index (χ0n) is 13.4. The fourth-order valence-electron chi connectivity index (χ4n) is 4.09. The minimum absolute atomic E-state index is 0. The molecule has 1 saturated heterocycles. The van der Waals surface area contributed by atoms with Crippen molar-refractivity contribution in [2.24, 2.45) is 17.8 Å². The second-order valence-electron chi connectivity index (χ2n) is 7.01. The molecule has 1 amide bonds. The van der Waals surface area contributed by atoms with E-state index in [-0.39, 0.29) is 19.8 Å². The van der Waals surface area contributed by atoms with Crippen LogP contribution in [0.15, 0.2) is 30.3 Å². The van der Waals surface area contributed by atoms with Gasteiger partial charge in [0.15, 0.2) is 0 Å². The summed E-state index contributed by atoms with van der Waals surface area (Å²) in [5.74, 6) is -0.637. The summed E-state index contributed by atoms with van der Waals surface area (Å²) in [7, 11) is 0. The number of hydrogen-bond donors (Lipinski definition) is 0. The number of hydrogen-bond acceptors (Lipinski definition) is 3. The predicted molar refractivity (Wildman–Crippen MR) is 92.0 cm³/mol. The number of nitrogens with zero attached hydrogens (tertiary/aromatic N) is 1. The molecule has 1 saturated carbocycles. The molecule has 24 heavy (non-hydrogen) atoms. The molecule has 1 aliphatic carbocycles. The van der Waals surface area contributed by atoms with Gasteiger partial charge in [-0.15, -0.1) is 0 Å². The maximum absolute atomic E-state index is 12.5. The first-order valence-corrected chi connectivity index (χ1v) is 8.66. The van der Waals surface area contributed by atoms with Crippen molar-refractivity contribution < 1.29 is 14.7 Å². The molecule has 0 aromatic heterocycles. The number of aliphatic carboxylic acids is 1. The molecule has 1 aromatic carbocycles. The van der Waals surface area contributed by atoms with Gasteiger partial charge in [-0.25, -0.2) is 0 Å². The van der Waals surface area contributed by atoms with E-state index >= 15 is 0 Å². The summed E-state index contributed by atoms with van der Waals surface area (Å²) in [5, 5.41) is 11.4. The van der Waals surface area contributed by atoms with Crippen LogP contribution < -0.4 is 5.11 Å². The van der Waals surface area contributed by atoms with Gasteiger partial charge in [0.05, 0.1) is 0 Å². The van der Waals surface area contributed by atoms with Gasteiger partial charge in [0.1, 0.15) is 0 Å². The fourth-order valence-corrected chi connectivity index (χ4v) is 4.09. The highest BCUT2D eigenvalue weighted by molar-refractivity contribution is 5.82. The molecular weight excluding hydrogens is 302 g/mol. The highest BCUT2D eigenvalue weighted by Crippen LogP contribution is 2.36. The van der Waals surface area contributed by atoms with Crippen molar-refractivity contribution in [1.29, 1.82) is 0 Å². The molecule has 2 aliphatic rings. The van der Waals surface area contributed by atoms with E-state index in [4.69, 9.17) is 0 Å². The van der Waals surface area contributed by atoms with Crippen molar-refractivity contribution >= 4 is 11.9 Å². The van der Waals surface area contributed by atoms with Crippen molar-refractivity contribution in [3.05, 3.63) is 35.9 Å². The second kappa shape index (κ2) is 8.32. The van der Waals surface area contributed by atoms with Gasteiger partial charge >= 0.3 is 0 Å². The molecule has 0 radical (unpaired) electrons. The maximum atomic E-state index is 12.5. The van der Waals surface area contributed by atoms with Crippen LogP contribution in [0, 0.1) is 17.8 Å². The molecule has 3 atom stereocenters. The molecule has 1 aromatic rings. The fraction of sp³-hybridized carbons (Fsp3) is 0.600. The standard InChI is InChI=1S/C19H25NO3.CH4/c21-18(20-12-15-8-4-5-9-16(15)13-20)11-17(19(22)23)10-14-6-2-1-3-7-14;/h1-3,6-7,15-17H,4-5,8-13H2,(H,22,23);1H4/p-1/t15-,16+,17-;/m0./s1. The normalized spacial score (nSPS) is 23.9. The van der Waals surface area contributed by atoms with Crippen LogP contribution >= 0.6 is 0 Å². The number of rotatable bonds is 5. The lowest BCUT2D eigenvalue weighted by atomic mass is 9.82. The average Bonchev–Trinajstić information content (AvgIpc) is 2.99. The Morgan fingerprint density at radius 3 is 2.21 bits per heavy atom. The Kier molecular flexibility index (Phi) is 6.41. The first-order chi connectivity index (χ1) is 11.1. The number of fused-ring (bicyclic) bond motifs is 1. The smallest absolute Gasteiger partial charge is 0.223 e. The van der Waals surface area contributed by atoms with E-state index < -0.39 is 11.9 Å². The van der Waals surface area contributed by atoms with Crippen molar-refractivity contribution in [3.8, 4) is 0 Å². The third kappa shape index (κ3) is 4.37. The van der Waals surface area contributed by atoms with Crippen molar-refractivity contribution in [2.75, 3.05) is 13.1 Å². The maximum Gasteiger partial charge on any atom is 0.223 e. The Morgan fingerprint density at radius 2 is 1.67 bits per heavy atom. The molecule has 0 spiro atoms. The summed E-state index contributed by atoms with van der Waals surface area (Å²) in [6.07, 6.45) is 5.36. The summed E-state index contributed by atoms with van der Waals surface area (Å²) < 4.78 is 0. The SMILES string of the molecule is C.O=C([O-])[C@H](CC(=O)N1C[C@H]2CCCC[C@H]2C1)Cc1ccccc1. The average molecular weight is 330 g/mol. The molecule has 1 aliphatic heterocycles. The van der Waals surface area contributed by atoms with E-state index in [1.54, 1.807) is 0 Å². The molecule has 4 heteroatoms. The molecule has 0 N–H and O–H groups in total. The van der Waals surface area contributed by atoms with E-state index in [9.17, 15) is 14.7 Å². The minimum atomic E-state index is -1.13. The number of carboxylic acid groups (broad SMARTS) is 1. The highest BCUT2D eigenvalue weighted by atomic mass is 16.4. The van der Waals surface area contributed by atoms with E-state index in [2.05, 4.69) is 0 Å². The Balaban J connectivity index is 0.00000208. The minimum Gasteiger partial charge on any atom is -0.550 e. The summed E-state index contributed by atoms with van der Waals surface area (Å²) in [5.41, 5.74) is 0.935. The van der Waals surface area contributed by atoms with Crippen LogP contribution in [0.2, 0.25) is 0 Å². The zero-order valence-corrected chi connectivity index (χ0v) is 13.4. The number of carbonyl (C=O) groups is 2. The number of amides is 1. The van der Waals surface area contributed by atoms with Gasteiger partial charge in [0.2, 0.25) is 5.91 Å². The molecule has 1 heterocycles. The van der Waals surface area contributed by atoms with Gasteiger partial charge in [-0.2, -0.15) is 0 Å². The van der Waals surface area contributed by atoms with Crippen LogP contribution in [-0.2, 0) is 16.0 Å². The van der Waals surface area contributed by atoms with Gasteiger partial charge in [0.25, 0.3) is 0 Å². The lowest BCUT2D eigenvalue weighted by Crippen LogP contribution is -2.38. The van der Waals surface area contributed by atoms with Crippen LogP contribution in [0.4, 0.5) is 0 Å². The largest absolute Gasteiger partial charge is 0.550 e. The Morgan fingerprint density at radius 1 is 1.08 bits per heavy atom. The van der Waals surface area contributed by atoms with Gasteiger partial charge in [-0.05, 0) is 36.7 Å². The monoisotopic (exact) mass is 330 g/mol. The predicted octanol–water partition coefficient (Wildman–Crippen LogP) is 2.27. The number of likely N-dealkylation sites (tertiary alicyclic amines) is 1. The first kappa shape index (κ1) is 18.5. The lowest BCUT2D eigenvalue weighted by molar-refractivity contribution is -0.311. The molecule has 2 fully saturated rings. The summed E-state index contributed by atoms with van der Waals surface area (Å²) in [4.78, 5) is 25.8. The molecule has 0 unspecified atom stereocenters. The topological polar surface area (TPSA) is 60.4 Å². The van der Waals surface area contributed by atoms with E-state index in [0.717, 1.165) is 18.7 Å². The zero-order chi connectivity index (χ0) is 16.2. The van der Waals surface area contributed by atoms with Crippen LogP contribution in [-0.4, -0.2) is 29.9 Å². The second-order valence-corrected chi connectivity index (χ2v) is 7.01. The molecular formula is C20H28NO3-. The van der Waals surface area contributed by atoms with Crippen molar-refractivity contribution in [1.82, 2.24) is 4.90 Å². The Hall–Kier alpha value is -1.84.